The molecule has 0 radical (unpaired) electrons. The molecule has 5 nitrogen and oxygen atoms in total. The predicted octanol–water partition coefficient (Wildman–Crippen LogP) is 0.577. The van der Waals surface area contributed by atoms with Crippen LogP contribution in [0.25, 0.3) is 0 Å². The molecule has 5 heteroatoms. The molecule has 1 aliphatic heterocycles. The van der Waals surface area contributed by atoms with Crippen LogP contribution in [0.5, 0.6) is 0 Å². The normalized spacial score (nSPS) is 19.5. The van der Waals surface area contributed by atoms with E-state index in [1.807, 2.05) is 6.92 Å². The third-order valence-electron chi connectivity index (χ3n) is 2.71. The highest BCUT2D eigenvalue weighted by atomic mass is 16.5. The van der Waals surface area contributed by atoms with Crippen molar-refractivity contribution in [3.63, 3.8) is 0 Å². The number of hydrogen-bond acceptors (Lipinski definition) is 4. The zero-order chi connectivity index (χ0) is 12.0. The molecule has 0 aromatic heterocycles. The standard InChI is InChI=1S/C11H19NO4/c1-3-12(7-6-10(13)15-2)11(14)9-5-4-8-16-9/h9H,3-8H2,1-2H3/t9-/m1/s1. The molecule has 1 rings (SSSR count). The molecular weight excluding hydrogens is 210 g/mol. The number of esters is 1. The van der Waals surface area contributed by atoms with Crippen molar-refractivity contribution < 1.29 is 19.1 Å². The highest BCUT2D eigenvalue weighted by molar-refractivity contribution is 5.81. The summed E-state index contributed by atoms with van der Waals surface area (Å²) in [5.74, 6) is -0.303. The lowest BCUT2D eigenvalue weighted by atomic mass is 10.2. The van der Waals surface area contributed by atoms with Crippen molar-refractivity contribution in [1.29, 1.82) is 0 Å². The first-order chi connectivity index (χ1) is 7.69. The van der Waals surface area contributed by atoms with Crippen LogP contribution in [0.2, 0.25) is 0 Å². The Morgan fingerprint density at radius 3 is 2.75 bits per heavy atom. The van der Waals surface area contributed by atoms with Crippen LogP contribution in [0.1, 0.15) is 26.2 Å². The van der Waals surface area contributed by atoms with Crippen molar-refractivity contribution in [1.82, 2.24) is 4.90 Å². The van der Waals surface area contributed by atoms with Crippen LogP contribution in [0.4, 0.5) is 0 Å². The first-order valence-electron chi connectivity index (χ1n) is 5.66. The van der Waals surface area contributed by atoms with Crippen LogP contribution < -0.4 is 0 Å². The van der Waals surface area contributed by atoms with Gasteiger partial charge in [0.25, 0.3) is 5.91 Å². The fraction of sp³-hybridized carbons (Fsp3) is 0.818. The van der Waals surface area contributed by atoms with E-state index in [0.717, 1.165) is 12.8 Å². The van der Waals surface area contributed by atoms with Gasteiger partial charge in [-0.25, -0.2) is 0 Å². The maximum absolute atomic E-state index is 11.9. The molecule has 16 heavy (non-hydrogen) atoms. The van der Waals surface area contributed by atoms with Crippen molar-refractivity contribution in [3.05, 3.63) is 0 Å². The summed E-state index contributed by atoms with van der Waals surface area (Å²) in [5, 5.41) is 0. The molecule has 1 saturated heterocycles. The van der Waals surface area contributed by atoms with Crippen LogP contribution in [0.15, 0.2) is 0 Å². The van der Waals surface area contributed by atoms with Gasteiger partial charge in [0.05, 0.1) is 13.5 Å². The summed E-state index contributed by atoms with van der Waals surface area (Å²) in [5.41, 5.74) is 0. The Morgan fingerprint density at radius 1 is 1.50 bits per heavy atom. The molecule has 0 aromatic carbocycles. The number of likely N-dealkylation sites (N-methyl/N-ethyl adjacent to an activating group) is 1. The van der Waals surface area contributed by atoms with Gasteiger partial charge >= 0.3 is 5.97 Å². The SMILES string of the molecule is CCN(CCC(=O)OC)C(=O)[C@H]1CCCO1. The average molecular weight is 229 g/mol. The summed E-state index contributed by atoms with van der Waals surface area (Å²) >= 11 is 0. The van der Waals surface area contributed by atoms with E-state index in [-0.39, 0.29) is 24.4 Å². The third-order valence-corrected chi connectivity index (χ3v) is 2.71. The lowest BCUT2D eigenvalue weighted by molar-refractivity contribution is -0.144. The highest BCUT2D eigenvalue weighted by Gasteiger charge is 2.27. The minimum atomic E-state index is -0.308. The molecule has 0 bridgehead atoms. The number of hydrogen-bond donors (Lipinski definition) is 0. The number of carbonyl (C=O) groups is 2. The fourth-order valence-corrected chi connectivity index (χ4v) is 1.73. The highest BCUT2D eigenvalue weighted by Crippen LogP contribution is 2.14. The van der Waals surface area contributed by atoms with E-state index in [0.29, 0.717) is 19.7 Å². The average Bonchev–Trinajstić information content (AvgIpc) is 2.82. The molecule has 1 aliphatic rings. The largest absolute Gasteiger partial charge is 0.469 e. The van der Waals surface area contributed by atoms with E-state index in [1.165, 1.54) is 7.11 Å². The molecular formula is C11H19NO4. The molecule has 0 saturated carbocycles. The lowest BCUT2D eigenvalue weighted by Crippen LogP contribution is -2.40. The van der Waals surface area contributed by atoms with Gasteiger partial charge in [-0.3, -0.25) is 9.59 Å². The number of nitrogens with zero attached hydrogens (tertiary/aromatic N) is 1. The quantitative estimate of drug-likeness (QED) is 0.647. The molecule has 1 heterocycles. The van der Waals surface area contributed by atoms with Crippen molar-refractivity contribution >= 4 is 11.9 Å². The lowest BCUT2D eigenvalue weighted by Gasteiger charge is -2.23. The smallest absolute Gasteiger partial charge is 0.307 e. The summed E-state index contributed by atoms with van der Waals surface area (Å²) in [4.78, 5) is 24.6. The summed E-state index contributed by atoms with van der Waals surface area (Å²) in [6, 6.07) is 0. The molecule has 0 aromatic rings. The summed E-state index contributed by atoms with van der Waals surface area (Å²) in [7, 11) is 1.35. The van der Waals surface area contributed by atoms with Crippen molar-refractivity contribution in [2.45, 2.75) is 32.3 Å². The van der Waals surface area contributed by atoms with E-state index >= 15 is 0 Å². The topological polar surface area (TPSA) is 55.8 Å². The van der Waals surface area contributed by atoms with Gasteiger partial charge in [0, 0.05) is 19.7 Å². The van der Waals surface area contributed by atoms with Crippen molar-refractivity contribution in [2.75, 3.05) is 26.8 Å². The maximum Gasteiger partial charge on any atom is 0.307 e. The first-order valence-corrected chi connectivity index (χ1v) is 5.66. The van der Waals surface area contributed by atoms with Gasteiger partial charge in [-0.15, -0.1) is 0 Å². The Bertz CT molecular complexity index is 248. The molecule has 92 valence electrons. The fourth-order valence-electron chi connectivity index (χ4n) is 1.73. The second kappa shape index (κ2) is 6.48. The Hall–Kier alpha value is -1.10. The van der Waals surface area contributed by atoms with E-state index in [9.17, 15) is 9.59 Å². The summed E-state index contributed by atoms with van der Waals surface area (Å²) in [6.45, 7) is 3.55. The molecule has 0 spiro atoms. The predicted molar refractivity (Wildman–Crippen MR) is 57.9 cm³/mol. The van der Waals surface area contributed by atoms with Gasteiger partial charge in [0.15, 0.2) is 0 Å². The number of ether oxygens (including phenoxy) is 2. The minimum absolute atomic E-state index is 0.0103. The monoisotopic (exact) mass is 229 g/mol. The van der Waals surface area contributed by atoms with Gasteiger partial charge < -0.3 is 14.4 Å². The molecule has 0 unspecified atom stereocenters. The Balaban J connectivity index is 2.40. The van der Waals surface area contributed by atoms with Crippen molar-refractivity contribution in [2.24, 2.45) is 0 Å². The van der Waals surface area contributed by atoms with Crippen molar-refractivity contribution in [3.8, 4) is 0 Å². The second-order valence-electron chi connectivity index (χ2n) is 3.75. The number of methoxy groups -OCH3 is 1. The Labute approximate surface area is 95.7 Å². The van der Waals surface area contributed by atoms with E-state index in [4.69, 9.17) is 4.74 Å². The zero-order valence-electron chi connectivity index (χ0n) is 9.90. The molecule has 1 atom stereocenters. The van der Waals surface area contributed by atoms with E-state index in [2.05, 4.69) is 4.74 Å². The van der Waals surface area contributed by atoms with Crippen LogP contribution >= 0.6 is 0 Å². The first kappa shape index (κ1) is 13.0. The van der Waals surface area contributed by atoms with Gasteiger partial charge in [-0.1, -0.05) is 0 Å². The van der Waals surface area contributed by atoms with E-state index < -0.39 is 0 Å². The zero-order valence-corrected chi connectivity index (χ0v) is 9.90. The molecule has 0 N–H and O–H groups in total. The summed E-state index contributed by atoms with van der Waals surface area (Å²) in [6.07, 6.45) is 1.65. The maximum atomic E-state index is 11.9. The number of amides is 1. The molecule has 1 amide bonds. The van der Waals surface area contributed by atoms with Gasteiger partial charge in [-0.05, 0) is 19.8 Å². The van der Waals surface area contributed by atoms with Crippen LogP contribution in [-0.4, -0.2) is 49.7 Å². The molecule has 1 fully saturated rings. The summed E-state index contributed by atoms with van der Waals surface area (Å²) < 4.78 is 9.87. The number of carbonyl (C=O) groups excluding carboxylic acids is 2. The van der Waals surface area contributed by atoms with Gasteiger partial charge in [0.1, 0.15) is 6.10 Å². The van der Waals surface area contributed by atoms with Crippen LogP contribution in [-0.2, 0) is 19.1 Å². The van der Waals surface area contributed by atoms with E-state index in [1.54, 1.807) is 4.90 Å². The van der Waals surface area contributed by atoms with Gasteiger partial charge in [-0.2, -0.15) is 0 Å². The second-order valence-corrected chi connectivity index (χ2v) is 3.75. The molecule has 0 aliphatic carbocycles. The third kappa shape index (κ3) is 3.48. The van der Waals surface area contributed by atoms with Crippen LogP contribution in [0, 0.1) is 0 Å². The number of rotatable bonds is 5. The van der Waals surface area contributed by atoms with Crippen LogP contribution in [0.3, 0.4) is 0 Å². The minimum Gasteiger partial charge on any atom is -0.469 e. The van der Waals surface area contributed by atoms with Gasteiger partial charge in [0.2, 0.25) is 0 Å². The Morgan fingerprint density at radius 2 is 2.25 bits per heavy atom. The Kier molecular flexibility index (Phi) is 5.25.